The zero-order valence-corrected chi connectivity index (χ0v) is 19.6. The quantitative estimate of drug-likeness (QED) is 0.601. The zero-order chi connectivity index (χ0) is 23.1. The summed E-state index contributed by atoms with van der Waals surface area (Å²) in [6, 6.07) is 8.54. The number of rotatable bonds is 5. The zero-order valence-electron chi connectivity index (χ0n) is 18.8. The molecule has 3 aliphatic rings. The monoisotopic (exact) mass is 470 g/mol. The Bertz CT molecular complexity index is 1070. The van der Waals surface area contributed by atoms with Gasteiger partial charge in [0.1, 0.15) is 18.0 Å². The summed E-state index contributed by atoms with van der Waals surface area (Å²) in [6.07, 6.45) is 6.64. The van der Waals surface area contributed by atoms with Gasteiger partial charge in [0.15, 0.2) is 0 Å². The molecule has 6 atom stereocenters. The van der Waals surface area contributed by atoms with E-state index in [1.807, 2.05) is 6.08 Å². The lowest BCUT2D eigenvalue weighted by atomic mass is 9.84. The smallest absolute Gasteiger partial charge is 0.118 e. The largest absolute Gasteiger partial charge is 0.394 e. The van der Waals surface area contributed by atoms with Crippen molar-refractivity contribution in [3.8, 4) is 0 Å². The molecule has 0 bridgehead atoms. The second-order valence-electron chi connectivity index (χ2n) is 9.56. The summed E-state index contributed by atoms with van der Waals surface area (Å²) >= 11 is 1.77. The Morgan fingerprint density at radius 2 is 2.00 bits per heavy atom. The Morgan fingerprint density at radius 1 is 1.15 bits per heavy atom. The second kappa shape index (κ2) is 9.43. The maximum atomic E-state index is 13.3. The third kappa shape index (κ3) is 4.47. The van der Waals surface area contributed by atoms with E-state index in [0.717, 1.165) is 31.2 Å². The molecule has 5 rings (SSSR count). The van der Waals surface area contributed by atoms with Crippen LogP contribution in [-0.2, 0) is 24.0 Å². The van der Waals surface area contributed by atoms with E-state index in [4.69, 9.17) is 4.74 Å². The molecule has 4 unspecified atom stereocenters. The van der Waals surface area contributed by atoms with Crippen LogP contribution >= 0.6 is 11.3 Å². The van der Waals surface area contributed by atoms with Gasteiger partial charge in [0.05, 0.1) is 18.8 Å². The van der Waals surface area contributed by atoms with E-state index >= 15 is 0 Å². The van der Waals surface area contributed by atoms with Crippen molar-refractivity contribution in [2.75, 3.05) is 6.61 Å². The maximum Gasteiger partial charge on any atom is 0.118 e. The molecular formula is C27H31FO4S. The first-order valence-electron chi connectivity index (χ1n) is 11.8. The molecule has 0 saturated carbocycles. The minimum atomic E-state index is -1.03. The third-order valence-electron chi connectivity index (χ3n) is 7.41. The van der Waals surface area contributed by atoms with Crippen molar-refractivity contribution < 1.29 is 24.4 Å². The van der Waals surface area contributed by atoms with Crippen LogP contribution in [0.3, 0.4) is 0 Å². The number of halogens is 1. The minimum absolute atomic E-state index is 0.162. The Hall–Kier alpha value is -1.83. The number of hydrogen-bond donors (Lipinski definition) is 3. The van der Waals surface area contributed by atoms with Gasteiger partial charge < -0.3 is 20.1 Å². The molecule has 33 heavy (non-hydrogen) atoms. The van der Waals surface area contributed by atoms with E-state index in [1.54, 1.807) is 30.4 Å². The third-order valence-corrected chi connectivity index (χ3v) is 8.63. The Balaban J connectivity index is 1.42. The molecule has 3 N–H and O–H groups in total. The number of allylic oxidation sites excluding steroid dienone is 4. The first kappa shape index (κ1) is 22.9. The van der Waals surface area contributed by atoms with E-state index < -0.39 is 24.4 Å². The molecule has 1 aliphatic heterocycles. The predicted octanol–water partition coefficient (Wildman–Crippen LogP) is 4.51. The molecule has 1 aromatic heterocycles. The van der Waals surface area contributed by atoms with E-state index in [1.165, 1.54) is 26.4 Å². The highest BCUT2D eigenvalue weighted by atomic mass is 32.1. The van der Waals surface area contributed by atoms with Gasteiger partial charge in [-0.3, -0.25) is 0 Å². The molecule has 1 aromatic carbocycles. The average Bonchev–Trinajstić information content (AvgIpc) is 3.48. The summed E-state index contributed by atoms with van der Waals surface area (Å²) in [5, 5.41) is 31.0. The Kier molecular flexibility index (Phi) is 6.56. The molecule has 2 aromatic rings. The number of aryl methyl sites for hydroxylation is 1. The van der Waals surface area contributed by atoms with Crippen LogP contribution in [0.2, 0.25) is 0 Å². The molecule has 1 fully saturated rings. The van der Waals surface area contributed by atoms with Gasteiger partial charge in [-0.1, -0.05) is 25.1 Å². The van der Waals surface area contributed by atoms with Crippen LogP contribution in [-0.4, -0.2) is 40.2 Å². The second-order valence-corrected chi connectivity index (χ2v) is 10.8. The molecule has 176 valence electrons. The topological polar surface area (TPSA) is 69.9 Å². The minimum Gasteiger partial charge on any atom is -0.394 e. The normalized spacial score (nSPS) is 31.5. The number of aliphatic hydroxyl groups is 3. The van der Waals surface area contributed by atoms with Crippen molar-refractivity contribution in [3.05, 3.63) is 80.3 Å². The van der Waals surface area contributed by atoms with Crippen LogP contribution in [0.5, 0.6) is 0 Å². The standard InChI is InChI=1S/C27H31FO4S/c1-15-23(14-29)32-27(26(31)25(15)30)19-11-17-3-2-4-22(17)18(12-19)13-21-9-10-24(33-21)16-5-7-20(28)8-6-16/h5,7-12,15-16,23,25-27,29-31H,2-4,6,13-14H2,1H3/t15?,16?,23?,25-,26?,27-/m0/s1. The molecule has 0 radical (unpaired) electrons. The molecular weight excluding hydrogens is 439 g/mol. The molecule has 2 aliphatic carbocycles. The SMILES string of the molecule is CC1C(CO)O[C@@H](c2cc3c(c(Cc4ccc(C5C=CC(F)=CC5)s4)c2)CCC3)C(O)[C@H]1O. The number of thiophene rings is 1. The lowest BCUT2D eigenvalue weighted by molar-refractivity contribution is -0.207. The number of aliphatic hydroxyl groups excluding tert-OH is 3. The fourth-order valence-electron chi connectivity index (χ4n) is 5.42. The van der Waals surface area contributed by atoms with Gasteiger partial charge >= 0.3 is 0 Å². The first-order chi connectivity index (χ1) is 15.9. The molecule has 1 saturated heterocycles. The Labute approximate surface area is 198 Å². The van der Waals surface area contributed by atoms with Crippen molar-refractivity contribution in [2.24, 2.45) is 5.92 Å². The predicted molar refractivity (Wildman–Crippen MR) is 127 cm³/mol. The number of hydrogen-bond acceptors (Lipinski definition) is 5. The summed E-state index contributed by atoms with van der Waals surface area (Å²) in [7, 11) is 0. The first-order valence-corrected chi connectivity index (χ1v) is 12.7. The van der Waals surface area contributed by atoms with Crippen molar-refractivity contribution in [2.45, 2.75) is 69.4 Å². The summed E-state index contributed by atoms with van der Waals surface area (Å²) in [6.45, 7) is 1.60. The molecule has 6 heteroatoms. The Morgan fingerprint density at radius 3 is 2.76 bits per heavy atom. The summed E-state index contributed by atoms with van der Waals surface area (Å²) in [5.74, 6) is -0.271. The fourth-order valence-corrected chi connectivity index (χ4v) is 6.54. The highest BCUT2D eigenvalue weighted by Crippen LogP contribution is 2.39. The van der Waals surface area contributed by atoms with E-state index in [-0.39, 0.29) is 24.3 Å². The van der Waals surface area contributed by atoms with Gasteiger partial charge in [0.2, 0.25) is 0 Å². The van der Waals surface area contributed by atoms with Crippen molar-refractivity contribution in [3.63, 3.8) is 0 Å². The highest BCUT2D eigenvalue weighted by Gasteiger charge is 2.42. The molecule has 2 heterocycles. The van der Waals surface area contributed by atoms with Crippen LogP contribution in [0.15, 0.2) is 48.3 Å². The van der Waals surface area contributed by atoms with Crippen molar-refractivity contribution in [1.82, 2.24) is 0 Å². The number of benzene rings is 1. The van der Waals surface area contributed by atoms with Gasteiger partial charge in [-0.15, -0.1) is 11.3 Å². The molecule has 0 spiro atoms. The van der Waals surface area contributed by atoms with Gasteiger partial charge in [0, 0.05) is 28.0 Å². The van der Waals surface area contributed by atoms with Crippen LogP contribution in [0.25, 0.3) is 0 Å². The van der Waals surface area contributed by atoms with Crippen LogP contribution in [0, 0.1) is 5.92 Å². The van der Waals surface area contributed by atoms with E-state index in [9.17, 15) is 19.7 Å². The maximum absolute atomic E-state index is 13.3. The van der Waals surface area contributed by atoms with Gasteiger partial charge in [0.25, 0.3) is 0 Å². The highest BCUT2D eigenvalue weighted by molar-refractivity contribution is 7.12. The number of ether oxygens (including phenoxy) is 1. The van der Waals surface area contributed by atoms with Crippen LogP contribution in [0.4, 0.5) is 4.39 Å². The fraction of sp³-hybridized carbons (Fsp3) is 0.481. The number of fused-ring (bicyclic) bond motifs is 1. The van der Waals surface area contributed by atoms with E-state index in [2.05, 4.69) is 24.3 Å². The lowest BCUT2D eigenvalue weighted by Crippen LogP contribution is -2.50. The van der Waals surface area contributed by atoms with Crippen molar-refractivity contribution >= 4 is 11.3 Å². The van der Waals surface area contributed by atoms with Crippen LogP contribution < -0.4 is 0 Å². The average molecular weight is 471 g/mol. The van der Waals surface area contributed by atoms with E-state index in [0.29, 0.717) is 6.42 Å². The van der Waals surface area contributed by atoms with Crippen LogP contribution in [0.1, 0.15) is 63.8 Å². The van der Waals surface area contributed by atoms with Gasteiger partial charge in [-0.25, -0.2) is 4.39 Å². The lowest BCUT2D eigenvalue weighted by Gasteiger charge is -2.41. The molecule has 4 nitrogen and oxygen atoms in total. The molecule has 0 amide bonds. The van der Waals surface area contributed by atoms with Gasteiger partial charge in [-0.2, -0.15) is 0 Å². The summed E-state index contributed by atoms with van der Waals surface area (Å²) < 4.78 is 19.4. The van der Waals surface area contributed by atoms with Crippen molar-refractivity contribution in [1.29, 1.82) is 0 Å². The van der Waals surface area contributed by atoms with Gasteiger partial charge in [-0.05, 0) is 72.2 Å². The summed E-state index contributed by atoms with van der Waals surface area (Å²) in [5.41, 5.74) is 4.78. The summed E-state index contributed by atoms with van der Waals surface area (Å²) in [4.78, 5) is 2.50.